The smallest absolute Gasteiger partial charge is 0.0681 e. The van der Waals surface area contributed by atoms with Gasteiger partial charge in [-0.05, 0) is 24.0 Å². The number of rotatable bonds is 18. The topological polar surface area (TPSA) is 20.2 Å². The molecule has 0 saturated heterocycles. The molecule has 0 aliphatic heterocycles. The molecule has 0 spiro atoms. The van der Waals surface area contributed by atoms with Crippen molar-refractivity contribution in [3.63, 3.8) is 0 Å². The van der Waals surface area contributed by atoms with Crippen LogP contribution in [0.2, 0.25) is 0 Å². The average molecular weight is 361 g/mol. The molecular weight excluding hydrogens is 316 g/mol. The molecule has 1 heteroatoms. The van der Waals surface area contributed by atoms with E-state index in [-0.39, 0.29) is 6.61 Å². The highest BCUT2D eigenvalue weighted by molar-refractivity contribution is 5.21. The van der Waals surface area contributed by atoms with Gasteiger partial charge in [-0.3, -0.25) is 0 Å². The van der Waals surface area contributed by atoms with E-state index in [0.717, 1.165) is 5.56 Å². The van der Waals surface area contributed by atoms with Gasteiger partial charge in [-0.25, -0.2) is 0 Å². The normalized spacial score (nSPS) is 11.2. The van der Waals surface area contributed by atoms with E-state index in [1.54, 1.807) is 0 Å². The van der Waals surface area contributed by atoms with E-state index < -0.39 is 0 Å². The van der Waals surface area contributed by atoms with E-state index in [1.165, 1.54) is 115 Å². The van der Waals surface area contributed by atoms with Gasteiger partial charge in [0.1, 0.15) is 0 Å². The Bertz CT molecular complexity index is 395. The van der Waals surface area contributed by atoms with E-state index >= 15 is 0 Å². The lowest BCUT2D eigenvalue weighted by Crippen LogP contribution is -1.88. The highest BCUT2D eigenvalue weighted by atomic mass is 16.3. The summed E-state index contributed by atoms with van der Waals surface area (Å²) in [4.78, 5) is 0. The molecule has 1 rings (SSSR count). The Labute approximate surface area is 163 Å². The van der Waals surface area contributed by atoms with E-state index in [1.807, 2.05) is 12.1 Å². The van der Waals surface area contributed by atoms with Crippen LogP contribution in [0.5, 0.6) is 0 Å². The quantitative estimate of drug-likeness (QED) is 0.263. The number of aryl methyl sites for hydroxylation is 1. The summed E-state index contributed by atoms with van der Waals surface area (Å²) in [6.45, 7) is 2.44. The lowest BCUT2D eigenvalue weighted by atomic mass is 10.0. The molecule has 0 bridgehead atoms. The molecule has 150 valence electrons. The van der Waals surface area contributed by atoms with Crippen LogP contribution in [-0.4, -0.2) is 5.11 Å². The van der Waals surface area contributed by atoms with Crippen molar-refractivity contribution in [2.24, 2.45) is 0 Å². The van der Waals surface area contributed by atoms with E-state index in [2.05, 4.69) is 19.1 Å². The summed E-state index contributed by atoms with van der Waals surface area (Å²) in [5, 5.41) is 9.05. The van der Waals surface area contributed by atoms with Crippen molar-refractivity contribution in [1.29, 1.82) is 0 Å². The van der Waals surface area contributed by atoms with Crippen LogP contribution in [0.1, 0.15) is 121 Å². The molecule has 1 aromatic carbocycles. The largest absolute Gasteiger partial charge is 0.392 e. The summed E-state index contributed by atoms with van der Waals surface area (Å²) in [6.07, 6.45) is 24.0. The van der Waals surface area contributed by atoms with Crippen LogP contribution >= 0.6 is 0 Å². The molecule has 0 aromatic heterocycles. The maximum Gasteiger partial charge on any atom is 0.0681 e. The van der Waals surface area contributed by atoms with Crippen molar-refractivity contribution >= 4 is 0 Å². The van der Waals surface area contributed by atoms with Gasteiger partial charge in [0.2, 0.25) is 0 Å². The minimum Gasteiger partial charge on any atom is -0.392 e. The number of unbranched alkanes of at least 4 members (excludes halogenated alkanes) is 15. The highest BCUT2D eigenvalue weighted by Crippen LogP contribution is 2.14. The molecule has 26 heavy (non-hydrogen) atoms. The fourth-order valence-electron chi connectivity index (χ4n) is 3.69. The fraction of sp³-hybridized carbons (Fsp3) is 0.760. The van der Waals surface area contributed by atoms with Gasteiger partial charge < -0.3 is 5.11 Å². The minimum absolute atomic E-state index is 0.152. The van der Waals surface area contributed by atoms with Crippen LogP contribution in [0.25, 0.3) is 0 Å². The third-order valence-electron chi connectivity index (χ3n) is 5.52. The summed E-state index contributed by atoms with van der Waals surface area (Å²) in [6, 6.07) is 8.41. The van der Waals surface area contributed by atoms with Gasteiger partial charge >= 0.3 is 0 Å². The fourth-order valence-corrected chi connectivity index (χ4v) is 3.69. The Balaban J connectivity index is 1.76. The second kappa shape index (κ2) is 17.6. The van der Waals surface area contributed by atoms with Crippen LogP contribution in [0.4, 0.5) is 0 Å². The molecule has 0 saturated carbocycles. The summed E-state index contributed by atoms with van der Waals surface area (Å²) < 4.78 is 0. The second-order valence-electron chi connectivity index (χ2n) is 8.03. The van der Waals surface area contributed by atoms with Gasteiger partial charge in [-0.1, -0.05) is 128 Å². The van der Waals surface area contributed by atoms with Gasteiger partial charge in [0.15, 0.2) is 0 Å². The number of benzene rings is 1. The molecule has 1 N–H and O–H groups in total. The lowest BCUT2D eigenvalue weighted by Gasteiger charge is -2.04. The van der Waals surface area contributed by atoms with Crippen molar-refractivity contribution in [1.82, 2.24) is 0 Å². The Morgan fingerprint density at radius 3 is 1.23 bits per heavy atom. The number of aliphatic hydroxyl groups excluding tert-OH is 1. The summed E-state index contributed by atoms with van der Waals surface area (Å²) in [5.41, 5.74) is 2.42. The summed E-state index contributed by atoms with van der Waals surface area (Å²) >= 11 is 0. The zero-order valence-electron chi connectivity index (χ0n) is 17.5. The summed E-state index contributed by atoms with van der Waals surface area (Å²) in [7, 11) is 0. The van der Waals surface area contributed by atoms with Crippen LogP contribution < -0.4 is 0 Å². The summed E-state index contributed by atoms with van der Waals surface area (Å²) in [5.74, 6) is 0. The second-order valence-corrected chi connectivity index (χ2v) is 8.03. The zero-order valence-corrected chi connectivity index (χ0v) is 17.5. The van der Waals surface area contributed by atoms with Gasteiger partial charge in [0.25, 0.3) is 0 Å². The molecule has 1 aromatic rings. The van der Waals surface area contributed by atoms with E-state index in [0.29, 0.717) is 0 Å². The van der Waals surface area contributed by atoms with Crippen LogP contribution in [0.15, 0.2) is 24.3 Å². The predicted molar refractivity (Wildman–Crippen MR) is 116 cm³/mol. The van der Waals surface area contributed by atoms with Crippen molar-refractivity contribution in [3.05, 3.63) is 35.4 Å². The first-order chi connectivity index (χ1) is 12.9. The van der Waals surface area contributed by atoms with Crippen LogP contribution in [-0.2, 0) is 13.0 Å². The molecule has 1 nitrogen and oxygen atoms in total. The molecule has 0 fully saturated rings. The average Bonchev–Trinajstić information content (AvgIpc) is 2.68. The first kappa shape index (κ1) is 23.2. The molecule has 0 aliphatic carbocycles. The van der Waals surface area contributed by atoms with Gasteiger partial charge in [-0.15, -0.1) is 0 Å². The van der Waals surface area contributed by atoms with Gasteiger partial charge in [-0.2, -0.15) is 0 Å². The maximum atomic E-state index is 9.05. The molecular formula is C25H44O. The molecule has 0 unspecified atom stereocenters. The van der Waals surface area contributed by atoms with Gasteiger partial charge in [0.05, 0.1) is 6.61 Å². The number of hydrogen-bond acceptors (Lipinski definition) is 1. The van der Waals surface area contributed by atoms with Crippen LogP contribution in [0.3, 0.4) is 0 Å². The lowest BCUT2D eigenvalue weighted by molar-refractivity contribution is 0.282. The first-order valence-corrected chi connectivity index (χ1v) is 11.6. The van der Waals surface area contributed by atoms with Crippen LogP contribution in [0, 0.1) is 0 Å². The number of hydrogen-bond donors (Lipinski definition) is 1. The molecule has 0 heterocycles. The standard InChI is InChI=1S/C25H44O/c1-2-3-4-5-6-7-8-9-10-11-12-13-14-15-16-17-18-24-19-21-25(23-26)22-20-24/h19-22,26H,2-18,23H2,1H3. The van der Waals surface area contributed by atoms with E-state index in [9.17, 15) is 0 Å². The van der Waals surface area contributed by atoms with E-state index in [4.69, 9.17) is 5.11 Å². The monoisotopic (exact) mass is 360 g/mol. The van der Waals surface area contributed by atoms with Gasteiger partial charge in [0, 0.05) is 0 Å². The zero-order chi connectivity index (χ0) is 18.7. The Morgan fingerprint density at radius 1 is 0.500 bits per heavy atom. The highest BCUT2D eigenvalue weighted by Gasteiger charge is 1.96. The SMILES string of the molecule is CCCCCCCCCCCCCCCCCCc1ccc(CO)cc1. The van der Waals surface area contributed by atoms with Crippen molar-refractivity contribution in [2.45, 2.75) is 123 Å². The molecule has 0 atom stereocenters. The first-order valence-electron chi connectivity index (χ1n) is 11.6. The third kappa shape index (κ3) is 13.4. The van der Waals surface area contributed by atoms with Crippen molar-refractivity contribution in [3.8, 4) is 0 Å². The molecule has 0 aliphatic rings. The number of aliphatic hydroxyl groups is 1. The van der Waals surface area contributed by atoms with Crippen molar-refractivity contribution < 1.29 is 5.11 Å². The predicted octanol–water partition coefficient (Wildman–Crippen LogP) is 7.98. The third-order valence-corrected chi connectivity index (χ3v) is 5.52. The molecule has 0 amide bonds. The Morgan fingerprint density at radius 2 is 0.846 bits per heavy atom. The maximum absolute atomic E-state index is 9.05. The minimum atomic E-state index is 0.152. The Kier molecular flexibility index (Phi) is 15.7. The van der Waals surface area contributed by atoms with Crippen molar-refractivity contribution in [2.75, 3.05) is 0 Å². The molecule has 0 radical (unpaired) electrons. The Hall–Kier alpha value is -0.820.